The van der Waals surface area contributed by atoms with Crippen LogP contribution < -0.4 is 5.32 Å². The van der Waals surface area contributed by atoms with Crippen molar-refractivity contribution < 1.29 is 4.74 Å². The lowest BCUT2D eigenvalue weighted by atomic mass is 10.1. The first-order chi connectivity index (χ1) is 12.2. The molecule has 1 saturated heterocycles. The van der Waals surface area contributed by atoms with E-state index in [1.165, 1.54) is 10.4 Å². The zero-order valence-electron chi connectivity index (χ0n) is 15.6. The van der Waals surface area contributed by atoms with Gasteiger partial charge in [-0.2, -0.15) is 0 Å². The highest BCUT2D eigenvalue weighted by molar-refractivity contribution is 14.0. The first-order valence-corrected chi connectivity index (χ1v) is 9.49. The number of rotatable bonds is 5. The molecular weight excluding hydrogens is 459 g/mol. The lowest BCUT2D eigenvalue weighted by Crippen LogP contribution is -2.39. The van der Waals surface area contributed by atoms with Crippen molar-refractivity contribution in [1.82, 2.24) is 15.2 Å². The summed E-state index contributed by atoms with van der Waals surface area (Å²) in [5.74, 6) is 1.56. The molecule has 1 aliphatic heterocycles. The number of aliphatic imine (C=N–C) groups is 1. The summed E-state index contributed by atoms with van der Waals surface area (Å²) in [6.45, 7) is 5.69. The molecule has 2 heterocycles. The molecule has 1 aliphatic rings. The normalized spacial score (nSPS) is 17.3. The van der Waals surface area contributed by atoms with E-state index in [1.807, 2.05) is 13.1 Å². The third-order valence-electron chi connectivity index (χ3n) is 4.52. The van der Waals surface area contributed by atoms with Crippen LogP contribution in [0.25, 0.3) is 10.6 Å². The molecule has 3 rings (SSSR count). The van der Waals surface area contributed by atoms with Crippen molar-refractivity contribution >= 4 is 41.3 Å². The van der Waals surface area contributed by atoms with Crippen LogP contribution >= 0.6 is 35.3 Å². The third-order valence-corrected chi connectivity index (χ3v) is 5.73. The van der Waals surface area contributed by atoms with E-state index in [1.54, 1.807) is 18.4 Å². The average molecular weight is 486 g/mol. The molecule has 1 unspecified atom stereocenters. The first kappa shape index (κ1) is 21.1. The van der Waals surface area contributed by atoms with Gasteiger partial charge in [0.1, 0.15) is 5.01 Å². The van der Waals surface area contributed by atoms with Crippen LogP contribution in [-0.4, -0.2) is 49.7 Å². The monoisotopic (exact) mass is 486 g/mol. The minimum absolute atomic E-state index is 0. The summed E-state index contributed by atoms with van der Waals surface area (Å²) in [6, 6.07) is 10.3. The van der Waals surface area contributed by atoms with Crippen molar-refractivity contribution in [2.24, 2.45) is 10.9 Å². The highest BCUT2D eigenvalue weighted by Crippen LogP contribution is 2.27. The molecule has 26 heavy (non-hydrogen) atoms. The Morgan fingerprint density at radius 2 is 2.15 bits per heavy atom. The van der Waals surface area contributed by atoms with Crippen molar-refractivity contribution in [3.8, 4) is 10.6 Å². The fourth-order valence-corrected chi connectivity index (χ4v) is 4.19. The SMILES string of the molecule is CN=C(NCc1sc(-c2ccccc2)nc1C)N1CCC(COC)C1.I. The number of thiazole rings is 1. The molecule has 1 N–H and O–H groups in total. The van der Waals surface area contributed by atoms with Crippen molar-refractivity contribution in [2.75, 3.05) is 33.9 Å². The third kappa shape index (κ3) is 5.17. The number of hydrogen-bond acceptors (Lipinski definition) is 4. The Morgan fingerprint density at radius 3 is 2.85 bits per heavy atom. The van der Waals surface area contributed by atoms with E-state index in [9.17, 15) is 0 Å². The molecule has 0 spiro atoms. The van der Waals surface area contributed by atoms with Crippen molar-refractivity contribution in [1.29, 1.82) is 0 Å². The van der Waals surface area contributed by atoms with E-state index in [0.717, 1.165) is 49.3 Å². The number of likely N-dealkylation sites (tertiary alicyclic amines) is 1. The summed E-state index contributed by atoms with van der Waals surface area (Å²) in [5.41, 5.74) is 2.26. The second kappa shape index (κ2) is 10.2. The van der Waals surface area contributed by atoms with Gasteiger partial charge in [-0.15, -0.1) is 35.3 Å². The smallest absolute Gasteiger partial charge is 0.193 e. The molecule has 1 aromatic heterocycles. The van der Waals surface area contributed by atoms with Gasteiger partial charge in [0.05, 0.1) is 18.8 Å². The fourth-order valence-electron chi connectivity index (χ4n) is 3.18. The molecule has 0 bridgehead atoms. The Bertz CT molecular complexity index is 720. The molecule has 142 valence electrons. The minimum Gasteiger partial charge on any atom is -0.384 e. The summed E-state index contributed by atoms with van der Waals surface area (Å²) in [5, 5.41) is 4.58. The van der Waals surface area contributed by atoms with Crippen LogP contribution in [-0.2, 0) is 11.3 Å². The van der Waals surface area contributed by atoms with Crippen LogP contribution in [0.3, 0.4) is 0 Å². The molecule has 1 atom stereocenters. The number of ether oxygens (including phenoxy) is 1. The number of nitrogens with one attached hydrogen (secondary N) is 1. The van der Waals surface area contributed by atoms with Crippen molar-refractivity contribution in [3.05, 3.63) is 40.9 Å². The van der Waals surface area contributed by atoms with Crippen LogP contribution in [0.2, 0.25) is 0 Å². The highest BCUT2D eigenvalue weighted by Gasteiger charge is 2.24. The lowest BCUT2D eigenvalue weighted by molar-refractivity contribution is 0.157. The minimum atomic E-state index is 0. The maximum absolute atomic E-state index is 5.28. The van der Waals surface area contributed by atoms with E-state index in [-0.39, 0.29) is 24.0 Å². The Kier molecular flexibility index (Phi) is 8.30. The van der Waals surface area contributed by atoms with Crippen molar-refractivity contribution in [3.63, 3.8) is 0 Å². The number of aromatic nitrogens is 1. The fraction of sp³-hybridized carbons (Fsp3) is 0.474. The molecule has 0 radical (unpaired) electrons. The van der Waals surface area contributed by atoms with Gasteiger partial charge >= 0.3 is 0 Å². The summed E-state index contributed by atoms with van der Waals surface area (Å²) in [6.07, 6.45) is 1.16. The van der Waals surface area contributed by atoms with Crippen LogP contribution in [0.1, 0.15) is 17.0 Å². The number of methoxy groups -OCH3 is 1. The Hall–Kier alpha value is -1.19. The van der Waals surface area contributed by atoms with Gasteiger partial charge in [0, 0.05) is 43.6 Å². The number of aryl methyl sites for hydroxylation is 1. The number of hydrogen-bond donors (Lipinski definition) is 1. The van der Waals surface area contributed by atoms with Gasteiger partial charge in [-0.1, -0.05) is 30.3 Å². The van der Waals surface area contributed by atoms with Crippen LogP contribution in [0.5, 0.6) is 0 Å². The highest BCUT2D eigenvalue weighted by atomic mass is 127. The van der Waals surface area contributed by atoms with Gasteiger partial charge in [0.15, 0.2) is 5.96 Å². The molecule has 2 aromatic rings. The summed E-state index contributed by atoms with van der Waals surface area (Å²) in [4.78, 5) is 12.8. The van der Waals surface area contributed by atoms with E-state index >= 15 is 0 Å². The van der Waals surface area contributed by atoms with Crippen LogP contribution in [0.15, 0.2) is 35.3 Å². The standard InChI is InChI=1S/C19H26N4OS.HI/c1-14-17(25-18(22-14)16-7-5-4-6-8-16)11-21-19(20-2)23-10-9-15(12-23)13-24-3;/h4-8,15H,9-13H2,1-3H3,(H,20,21);1H. The predicted molar refractivity (Wildman–Crippen MR) is 119 cm³/mol. The summed E-state index contributed by atoms with van der Waals surface area (Å²) >= 11 is 1.75. The van der Waals surface area contributed by atoms with E-state index in [4.69, 9.17) is 9.72 Å². The zero-order chi connectivity index (χ0) is 17.6. The molecule has 1 fully saturated rings. The Balaban J connectivity index is 0.00000243. The van der Waals surface area contributed by atoms with Crippen LogP contribution in [0, 0.1) is 12.8 Å². The second-order valence-corrected chi connectivity index (χ2v) is 7.43. The molecule has 1 aromatic carbocycles. The number of guanidine groups is 1. The number of halogens is 1. The van der Waals surface area contributed by atoms with E-state index in [2.05, 4.69) is 46.4 Å². The maximum atomic E-state index is 5.28. The van der Waals surface area contributed by atoms with Gasteiger partial charge in [0.25, 0.3) is 0 Å². The van der Waals surface area contributed by atoms with Gasteiger partial charge < -0.3 is 15.0 Å². The largest absolute Gasteiger partial charge is 0.384 e. The summed E-state index contributed by atoms with van der Waals surface area (Å²) < 4.78 is 5.28. The predicted octanol–water partition coefficient (Wildman–Crippen LogP) is 3.78. The molecule has 5 nitrogen and oxygen atoms in total. The maximum Gasteiger partial charge on any atom is 0.193 e. The van der Waals surface area contributed by atoms with Gasteiger partial charge in [-0.3, -0.25) is 4.99 Å². The molecule has 0 amide bonds. The topological polar surface area (TPSA) is 49.8 Å². The first-order valence-electron chi connectivity index (χ1n) is 8.67. The average Bonchev–Trinajstić information content (AvgIpc) is 3.24. The lowest BCUT2D eigenvalue weighted by Gasteiger charge is -2.21. The van der Waals surface area contributed by atoms with Crippen LogP contribution in [0.4, 0.5) is 0 Å². The Labute approximate surface area is 176 Å². The van der Waals surface area contributed by atoms with Gasteiger partial charge in [0.2, 0.25) is 0 Å². The van der Waals surface area contributed by atoms with Crippen molar-refractivity contribution in [2.45, 2.75) is 19.9 Å². The second-order valence-electron chi connectivity index (χ2n) is 6.35. The molecule has 7 heteroatoms. The van der Waals surface area contributed by atoms with E-state index in [0.29, 0.717) is 5.92 Å². The zero-order valence-corrected chi connectivity index (χ0v) is 18.7. The molecule has 0 aliphatic carbocycles. The summed E-state index contributed by atoms with van der Waals surface area (Å²) in [7, 11) is 3.62. The Morgan fingerprint density at radius 1 is 1.38 bits per heavy atom. The number of benzene rings is 1. The quantitative estimate of drug-likeness (QED) is 0.397. The molecular formula is C19H27IN4OS. The van der Waals surface area contributed by atoms with Gasteiger partial charge in [-0.05, 0) is 13.3 Å². The van der Waals surface area contributed by atoms with Gasteiger partial charge in [-0.25, -0.2) is 4.98 Å². The van der Waals surface area contributed by atoms with E-state index < -0.39 is 0 Å². The number of nitrogens with zero attached hydrogens (tertiary/aromatic N) is 3. The molecule has 0 saturated carbocycles.